The highest BCUT2D eigenvalue weighted by atomic mass is 16.5. The van der Waals surface area contributed by atoms with Gasteiger partial charge in [-0.25, -0.2) is 4.79 Å². The molecule has 1 fully saturated rings. The van der Waals surface area contributed by atoms with Crippen LogP contribution in [0.4, 0.5) is 10.5 Å². The average Bonchev–Trinajstić information content (AvgIpc) is 2.47. The minimum atomic E-state index is -0.919. The lowest BCUT2D eigenvalue weighted by Crippen LogP contribution is -2.47. The first kappa shape index (κ1) is 15.3. The molecule has 6 heteroatoms. The Morgan fingerprint density at radius 2 is 2.29 bits per heavy atom. The first-order chi connectivity index (χ1) is 10.1. The van der Waals surface area contributed by atoms with Crippen LogP contribution in [0.1, 0.15) is 18.9 Å². The number of carbonyl (C=O) groups is 2. The highest BCUT2D eigenvalue weighted by Crippen LogP contribution is 2.14. The number of urea groups is 1. The molecule has 0 radical (unpaired) electrons. The van der Waals surface area contributed by atoms with E-state index >= 15 is 0 Å². The van der Waals surface area contributed by atoms with Gasteiger partial charge < -0.3 is 20.1 Å². The van der Waals surface area contributed by atoms with Gasteiger partial charge in [0.2, 0.25) is 0 Å². The Balaban J connectivity index is 1.94. The minimum Gasteiger partial charge on any atom is -0.481 e. The molecule has 1 saturated heterocycles. The molecule has 0 spiro atoms. The molecule has 21 heavy (non-hydrogen) atoms. The number of anilines is 1. The average molecular weight is 292 g/mol. The van der Waals surface area contributed by atoms with Crippen LogP contribution in [0.5, 0.6) is 0 Å². The number of hydrogen-bond donors (Lipinski definition) is 2. The van der Waals surface area contributed by atoms with Crippen molar-refractivity contribution in [2.75, 3.05) is 25.0 Å². The SMILES string of the molecule is CCc1cccc(NC(=O)N2CCOC(CC(=O)O)C2)c1. The van der Waals surface area contributed by atoms with Crippen molar-refractivity contribution in [3.05, 3.63) is 29.8 Å². The van der Waals surface area contributed by atoms with Crippen molar-refractivity contribution >= 4 is 17.7 Å². The second-order valence-corrected chi connectivity index (χ2v) is 5.02. The third-order valence-electron chi connectivity index (χ3n) is 3.41. The maximum Gasteiger partial charge on any atom is 0.322 e. The highest BCUT2D eigenvalue weighted by Gasteiger charge is 2.25. The van der Waals surface area contributed by atoms with Crippen LogP contribution in [0.25, 0.3) is 0 Å². The number of carbonyl (C=O) groups excluding carboxylic acids is 1. The van der Waals surface area contributed by atoms with Gasteiger partial charge in [-0.2, -0.15) is 0 Å². The van der Waals surface area contributed by atoms with E-state index in [4.69, 9.17) is 9.84 Å². The summed E-state index contributed by atoms with van der Waals surface area (Å²) in [4.78, 5) is 24.5. The van der Waals surface area contributed by atoms with Gasteiger partial charge in [0.1, 0.15) is 0 Å². The van der Waals surface area contributed by atoms with E-state index in [1.807, 2.05) is 24.3 Å². The van der Waals surface area contributed by atoms with Gasteiger partial charge in [0, 0.05) is 18.8 Å². The molecule has 1 aliphatic rings. The van der Waals surface area contributed by atoms with E-state index in [9.17, 15) is 9.59 Å². The van der Waals surface area contributed by atoms with Crippen molar-refractivity contribution in [3.8, 4) is 0 Å². The molecule has 2 rings (SSSR count). The van der Waals surface area contributed by atoms with E-state index < -0.39 is 12.1 Å². The number of rotatable bonds is 4. The summed E-state index contributed by atoms with van der Waals surface area (Å²) < 4.78 is 5.35. The Hall–Kier alpha value is -2.08. The first-order valence-electron chi connectivity index (χ1n) is 7.06. The lowest BCUT2D eigenvalue weighted by atomic mass is 10.1. The molecular formula is C15H20N2O4. The van der Waals surface area contributed by atoms with Gasteiger partial charge in [0.25, 0.3) is 0 Å². The zero-order valence-electron chi connectivity index (χ0n) is 12.0. The Morgan fingerprint density at radius 3 is 3.00 bits per heavy atom. The predicted molar refractivity (Wildman–Crippen MR) is 78.4 cm³/mol. The monoisotopic (exact) mass is 292 g/mol. The van der Waals surface area contributed by atoms with Crippen LogP contribution in [-0.2, 0) is 16.0 Å². The van der Waals surface area contributed by atoms with E-state index in [1.165, 1.54) is 0 Å². The molecule has 1 unspecified atom stereocenters. The molecule has 0 saturated carbocycles. The minimum absolute atomic E-state index is 0.0882. The van der Waals surface area contributed by atoms with Crippen molar-refractivity contribution in [2.24, 2.45) is 0 Å². The summed E-state index contributed by atoms with van der Waals surface area (Å²) in [6, 6.07) is 7.47. The van der Waals surface area contributed by atoms with Gasteiger partial charge in [-0.05, 0) is 24.1 Å². The third-order valence-corrected chi connectivity index (χ3v) is 3.41. The number of aryl methyl sites for hydroxylation is 1. The molecule has 2 amide bonds. The van der Waals surface area contributed by atoms with Crippen molar-refractivity contribution < 1.29 is 19.4 Å². The fourth-order valence-corrected chi connectivity index (χ4v) is 2.29. The van der Waals surface area contributed by atoms with Crippen molar-refractivity contribution in [2.45, 2.75) is 25.9 Å². The van der Waals surface area contributed by atoms with Crippen LogP contribution in [0.15, 0.2) is 24.3 Å². The van der Waals surface area contributed by atoms with Gasteiger partial charge in [0.15, 0.2) is 0 Å². The zero-order chi connectivity index (χ0) is 15.2. The number of benzene rings is 1. The summed E-state index contributed by atoms with van der Waals surface area (Å²) >= 11 is 0. The second-order valence-electron chi connectivity index (χ2n) is 5.02. The summed E-state index contributed by atoms with van der Waals surface area (Å²) in [5, 5.41) is 11.6. The molecule has 1 aliphatic heterocycles. The van der Waals surface area contributed by atoms with Gasteiger partial charge in [-0.3, -0.25) is 4.79 Å². The molecule has 1 aromatic rings. The fraction of sp³-hybridized carbons (Fsp3) is 0.467. The highest BCUT2D eigenvalue weighted by molar-refractivity contribution is 5.89. The summed E-state index contributed by atoms with van der Waals surface area (Å²) in [5.41, 5.74) is 1.90. The molecule has 1 heterocycles. The van der Waals surface area contributed by atoms with E-state index in [0.29, 0.717) is 19.7 Å². The Morgan fingerprint density at radius 1 is 1.48 bits per heavy atom. The number of hydrogen-bond acceptors (Lipinski definition) is 3. The summed E-state index contributed by atoms with van der Waals surface area (Å²) in [6.45, 7) is 3.18. The molecule has 114 valence electrons. The van der Waals surface area contributed by atoms with Gasteiger partial charge in [0.05, 0.1) is 19.1 Å². The molecule has 6 nitrogen and oxygen atoms in total. The van der Waals surface area contributed by atoms with E-state index in [2.05, 4.69) is 12.2 Å². The van der Waals surface area contributed by atoms with E-state index in [-0.39, 0.29) is 12.5 Å². The Bertz CT molecular complexity index is 518. The van der Waals surface area contributed by atoms with Crippen LogP contribution in [0.3, 0.4) is 0 Å². The van der Waals surface area contributed by atoms with Crippen LogP contribution >= 0.6 is 0 Å². The maximum atomic E-state index is 12.2. The topological polar surface area (TPSA) is 78.9 Å². The maximum absolute atomic E-state index is 12.2. The molecule has 0 aliphatic carbocycles. The molecule has 1 aromatic carbocycles. The predicted octanol–water partition coefficient (Wildman–Crippen LogP) is 1.96. The van der Waals surface area contributed by atoms with Crippen molar-refractivity contribution in [3.63, 3.8) is 0 Å². The number of amides is 2. The van der Waals surface area contributed by atoms with E-state index in [0.717, 1.165) is 17.7 Å². The van der Waals surface area contributed by atoms with E-state index in [1.54, 1.807) is 4.90 Å². The Labute approximate surface area is 123 Å². The van der Waals surface area contributed by atoms with Gasteiger partial charge in [-0.1, -0.05) is 19.1 Å². The number of morpholine rings is 1. The van der Waals surface area contributed by atoms with Gasteiger partial charge in [-0.15, -0.1) is 0 Å². The molecular weight excluding hydrogens is 272 g/mol. The lowest BCUT2D eigenvalue weighted by Gasteiger charge is -2.32. The number of aliphatic carboxylic acids is 1. The van der Waals surface area contributed by atoms with Crippen LogP contribution in [0, 0.1) is 0 Å². The number of carboxylic acids is 1. The standard InChI is InChI=1S/C15H20N2O4/c1-2-11-4-3-5-12(8-11)16-15(20)17-6-7-21-13(10-17)9-14(18)19/h3-5,8,13H,2,6-7,9-10H2,1H3,(H,16,20)(H,18,19). The number of nitrogens with zero attached hydrogens (tertiary/aromatic N) is 1. The van der Waals surface area contributed by atoms with Crippen LogP contribution < -0.4 is 5.32 Å². The second kappa shape index (κ2) is 7.08. The number of ether oxygens (including phenoxy) is 1. The number of carboxylic acid groups (broad SMARTS) is 1. The normalized spacial score (nSPS) is 18.3. The van der Waals surface area contributed by atoms with Crippen molar-refractivity contribution in [1.29, 1.82) is 0 Å². The molecule has 2 N–H and O–H groups in total. The summed E-state index contributed by atoms with van der Waals surface area (Å²) in [7, 11) is 0. The summed E-state index contributed by atoms with van der Waals surface area (Å²) in [6.07, 6.45) is 0.376. The fourth-order valence-electron chi connectivity index (χ4n) is 2.29. The third kappa shape index (κ3) is 4.46. The molecule has 0 aromatic heterocycles. The number of nitrogens with one attached hydrogen (secondary N) is 1. The van der Waals surface area contributed by atoms with Gasteiger partial charge >= 0.3 is 12.0 Å². The largest absolute Gasteiger partial charge is 0.481 e. The smallest absolute Gasteiger partial charge is 0.322 e. The molecule has 0 bridgehead atoms. The molecule has 1 atom stereocenters. The van der Waals surface area contributed by atoms with Crippen LogP contribution in [0.2, 0.25) is 0 Å². The Kier molecular flexibility index (Phi) is 5.16. The summed E-state index contributed by atoms with van der Waals surface area (Å²) in [5.74, 6) is -0.919. The first-order valence-corrected chi connectivity index (χ1v) is 7.06. The zero-order valence-corrected chi connectivity index (χ0v) is 12.0. The lowest BCUT2D eigenvalue weighted by molar-refractivity contribution is -0.141. The van der Waals surface area contributed by atoms with Crippen LogP contribution in [-0.4, -0.2) is 47.8 Å². The quantitative estimate of drug-likeness (QED) is 0.889. The van der Waals surface area contributed by atoms with Crippen molar-refractivity contribution in [1.82, 2.24) is 4.90 Å².